The Morgan fingerprint density at radius 3 is 2.12 bits per heavy atom. The van der Waals surface area contributed by atoms with E-state index in [1.54, 1.807) is 6.20 Å². The number of pyridine rings is 3. The van der Waals surface area contributed by atoms with Gasteiger partial charge in [0.2, 0.25) is 0 Å². The molecule has 0 N–H and O–H groups in total. The molecule has 1 aromatic carbocycles. The van der Waals surface area contributed by atoms with Crippen molar-refractivity contribution in [3.05, 3.63) is 90.8 Å². The SMILES string of the molecule is Cc1ccccc1-c1ccnc(-c2cccc(-c3ccccn3)n2)c1. The van der Waals surface area contributed by atoms with Gasteiger partial charge in [-0.3, -0.25) is 9.97 Å². The van der Waals surface area contributed by atoms with Crippen molar-refractivity contribution in [3.63, 3.8) is 0 Å². The fourth-order valence-electron chi connectivity index (χ4n) is 2.87. The third-order valence-corrected chi connectivity index (χ3v) is 4.15. The summed E-state index contributed by atoms with van der Waals surface area (Å²) in [5.41, 5.74) is 7.02. The Bertz CT molecular complexity index is 1010. The van der Waals surface area contributed by atoms with Gasteiger partial charge in [-0.1, -0.05) is 36.4 Å². The minimum absolute atomic E-state index is 0.846. The highest BCUT2D eigenvalue weighted by Gasteiger charge is 2.08. The lowest BCUT2D eigenvalue weighted by atomic mass is 10.0. The molecular weight excluding hydrogens is 306 g/mol. The summed E-state index contributed by atoms with van der Waals surface area (Å²) >= 11 is 0. The normalized spacial score (nSPS) is 10.6. The Hall–Kier alpha value is -3.33. The van der Waals surface area contributed by atoms with Gasteiger partial charge in [0, 0.05) is 12.4 Å². The largest absolute Gasteiger partial charge is 0.255 e. The van der Waals surface area contributed by atoms with Crippen LogP contribution in [0.25, 0.3) is 33.9 Å². The fourth-order valence-corrected chi connectivity index (χ4v) is 2.87. The van der Waals surface area contributed by atoms with E-state index in [2.05, 4.69) is 47.2 Å². The highest BCUT2D eigenvalue weighted by Crippen LogP contribution is 2.27. The molecule has 4 aromatic rings. The van der Waals surface area contributed by atoms with Gasteiger partial charge >= 0.3 is 0 Å². The average molecular weight is 323 g/mol. The summed E-state index contributed by atoms with van der Waals surface area (Å²) in [7, 11) is 0. The van der Waals surface area contributed by atoms with Crippen LogP contribution in [0.2, 0.25) is 0 Å². The summed E-state index contributed by atoms with van der Waals surface area (Å²) in [5.74, 6) is 0. The fraction of sp³-hybridized carbons (Fsp3) is 0.0455. The Balaban J connectivity index is 1.76. The molecule has 0 saturated carbocycles. The number of aromatic nitrogens is 3. The van der Waals surface area contributed by atoms with Crippen LogP contribution in [0.5, 0.6) is 0 Å². The Morgan fingerprint density at radius 1 is 0.600 bits per heavy atom. The second-order valence-corrected chi connectivity index (χ2v) is 5.87. The molecule has 0 atom stereocenters. The van der Waals surface area contributed by atoms with E-state index in [-0.39, 0.29) is 0 Å². The maximum Gasteiger partial charge on any atom is 0.0894 e. The van der Waals surface area contributed by atoms with Gasteiger partial charge in [0.25, 0.3) is 0 Å². The zero-order valence-corrected chi connectivity index (χ0v) is 13.9. The van der Waals surface area contributed by atoms with E-state index in [0.29, 0.717) is 0 Å². The second-order valence-electron chi connectivity index (χ2n) is 5.87. The summed E-state index contributed by atoms with van der Waals surface area (Å²) in [6.07, 6.45) is 3.62. The molecule has 4 rings (SSSR count). The van der Waals surface area contributed by atoms with Gasteiger partial charge in [0.05, 0.1) is 22.8 Å². The molecule has 120 valence electrons. The number of hydrogen-bond acceptors (Lipinski definition) is 3. The third kappa shape index (κ3) is 3.17. The molecule has 0 radical (unpaired) electrons. The van der Waals surface area contributed by atoms with Crippen molar-refractivity contribution in [1.82, 2.24) is 15.0 Å². The third-order valence-electron chi connectivity index (χ3n) is 4.15. The molecule has 0 amide bonds. The molecule has 25 heavy (non-hydrogen) atoms. The predicted octanol–water partition coefficient (Wildman–Crippen LogP) is 5.18. The van der Waals surface area contributed by atoms with Crippen molar-refractivity contribution < 1.29 is 0 Å². The topological polar surface area (TPSA) is 38.7 Å². The molecule has 0 bridgehead atoms. The van der Waals surface area contributed by atoms with E-state index in [9.17, 15) is 0 Å². The minimum atomic E-state index is 0.846. The molecule has 0 aliphatic rings. The zero-order valence-electron chi connectivity index (χ0n) is 13.9. The van der Waals surface area contributed by atoms with Crippen LogP contribution in [0.4, 0.5) is 0 Å². The van der Waals surface area contributed by atoms with Crippen molar-refractivity contribution in [2.24, 2.45) is 0 Å². The number of aryl methyl sites for hydroxylation is 1. The Morgan fingerprint density at radius 2 is 1.32 bits per heavy atom. The van der Waals surface area contributed by atoms with Crippen LogP contribution in [-0.4, -0.2) is 15.0 Å². The van der Waals surface area contributed by atoms with E-state index in [4.69, 9.17) is 4.98 Å². The van der Waals surface area contributed by atoms with Gasteiger partial charge < -0.3 is 0 Å². The highest BCUT2D eigenvalue weighted by molar-refractivity contribution is 5.72. The monoisotopic (exact) mass is 323 g/mol. The van der Waals surface area contributed by atoms with Crippen LogP contribution in [0.1, 0.15) is 5.56 Å². The molecule has 3 heteroatoms. The molecule has 0 spiro atoms. The molecular formula is C22H17N3. The smallest absolute Gasteiger partial charge is 0.0894 e. The first-order chi connectivity index (χ1) is 12.3. The molecule has 0 fully saturated rings. The summed E-state index contributed by atoms with van der Waals surface area (Å²) in [5, 5.41) is 0. The summed E-state index contributed by atoms with van der Waals surface area (Å²) in [4.78, 5) is 13.6. The highest BCUT2D eigenvalue weighted by atomic mass is 14.8. The number of rotatable bonds is 3. The van der Waals surface area contributed by atoms with Crippen molar-refractivity contribution in [2.45, 2.75) is 6.92 Å². The lowest BCUT2D eigenvalue weighted by Gasteiger charge is -2.08. The van der Waals surface area contributed by atoms with E-state index < -0.39 is 0 Å². The van der Waals surface area contributed by atoms with Gasteiger partial charge in [-0.15, -0.1) is 0 Å². The van der Waals surface area contributed by atoms with Crippen LogP contribution < -0.4 is 0 Å². The zero-order chi connectivity index (χ0) is 17.1. The molecule has 0 aliphatic heterocycles. The first-order valence-electron chi connectivity index (χ1n) is 8.22. The lowest BCUT2D eigenvalue weighted by Crippen LogP contribution is -1.92. The van der Waals surface area contributed by atoms with E-state index in [1.807, 2.05) is 48.7 Å². The first-order valence-corrected chi connectivity index (χ1v) is 8.22. The number of hydrogen-bond donors (Lipinski definition) is 0. The van der Waals surface area contributed by atoms with E-state index >= 15 is 0 Å². The second kappa shape index (κ2) is 6.65. The Kier molecular flexibility index (Phi) is 4.05. The van der Waals surface area contributed by atoms with E-state index in [0.717, 1.165) is 28.3 Å². The summed E-state index contributed by atoms with van der Waals surface area (Å²) < 4.78 is 0. The molecule has 0 saturated heterocycles. The molecule has 0 aliphatic carbocycles. The lowest BCUT2D eigenvalue weighted by molar-refractivity contribution is 1.22. The molecule has 3 nitrogen and oxygen atoms in total. The van der Waals surface area contributed by atoms with Crippen molar-refractivity contribution in [3.8, 4) is 33.9 Å². The first kappa shape index (κ1) is 15.2. The van der Waals surface area contributed by atoms with Crippen LogP contribution in [0, 0.1) is 6.92 Å². The van der Waals surface area contributed by atoms with Crippen molar-refractivity contribution in [2.75, 3.05) is 0 Å². The number of benzene rings is 1. The van der Waals surface area contributed by atoms with Crippen molar-refractivity contribution >= 4 is 0 Å². The summed E-state index contributed by atoms with van der Waals surface area (Å²) in [6, 6.07) is 24.3. The maximum atomic E-state index is 4.75. The number of nitrogens with zero attached hydrogens (tertiary/aromatic N) is 3. The molecule has 3 heterocycles. The van der Waals surface area contributed by atoms with Gasteiger partial charge in [-0.05, 0) is 60.0 Å². The van der Waals surface area contributed by atoms with Crippen LogP contribution in [-0.2, 0) is 0 Å². The molecule has 3 aromatic heterocycles. The minimum Gasteiger partial charge on any atom is -0.255 e. The average Bonchev–Trinajstić information content (AvgIpc) is 2.69. The van der Waals surface area contributed by atoms with Crippen LogP contribution >= 0.6 is 0 Å². The maximum absolute atomic E-state index is 4.75. The van der Waals surface area contributed by atoms with Crippen LogP contribution in [0.3, 0.4) is 0 Å². The van der Waals surface area contributed by atoms with E-state index in [1.165, 1.54) is 11.1 Å². The van der Waals surface area contributed by atoms with Gasteiger partial charge in [-0.2, -0.15) is 0 Å². The standard InChI is InChI=1S/C22H17N3/c1-16-7-2-3-8-18(16)17-12-14-24-22(15-17)21-11-6-10-20(25-21)19-9-4-5-13-23-19/h2-15H,1H3. The van der Waals surface area contributed by atoms with Gasteiger partial charge in [-0.25, -0.2) is 4.98 Å². The predicted molar refractivity (Wildman–Crippen MR) is 101 cm³/mol. The van der Waals surface area contributed by atoms with Gasteiger partial charge in [0.1, 0.15) is 0 Å². The summed E-state index contributed by atoms with van der Waals surface area (Å²) in [6.45, 7) is 2.12. The Labute approximate surface area is 147 Å². The van der Waals surface area contributed by atoms with Gasteiger partial charge in [0.15, 0.2) is 0 Å². The van der Waals surface area contributed by atoms with Crippen molar-refractivity contribution in [1.29, 1.82) is 0 Å². The van der Waals surface area contributed by atoms with Crippen LogP contribution in [0.15, 0.2) is 85.2 Å². The molecule has 0 unspecified atom stereocenters. The quantitative estimate of drug-likeness (QED) is 0.521.